The van der Waals surface area contributed by atoms with E-state index in [2.05, 4.69) is 20.8 Å². The Bertz CT molecular complexity index is 524. The fourth-order valence-electron chi connectivity index (χ4n) is 5.35. The zero-order chi connectivity index (χ0) is 18.3. The fourth-order valence-corrected chi connectivity index (χ4v) is 5.35. The van der Waals surface area contributed by atoms with Gasteiger partial charge in [-0.15, -0.1) is 0 Å². The summed E-state index contributed by atoms with van der Waals surface area (Å²) >= 11 is 0. The summed E-state index contributed by atoms with van der Waals surface area (Å²) in [6.45, 7) is 6.02. The molecule has 4 saturated carbocycles. The Kier molecular flexibility index (Phi) is 4.91. The van der Waals surface area contributed by atoms with Crippen LogP contribution in [0.5, 0.6) is 0 Å². The van der Waals surface area contributed by atoms with Crippen LogP contribution in [-0.2, 0) is 19.1 Å². The highest BCUT2D eigenvalue weighted by Crippen LogP contribution is 2.58. The van der Waals surface area contributed by atoms with Crippen molar-refractivity contribution in [2.45, 2.75) is 89.8 Å². The van der Waals surface area contributed by atoms with Gasteiger partial charge in [0, 0.05) is 12.8 Å². The molecule has 5 nitrogen and oxygen atoms in total. The zero-order valence-corrected chi connectivity index (χ0v) is 15.8. The van der Waals surface area contributed by atoms with Gasteiger partial charge >= 0.3 is 11.9 Å². The molecule has 2 atom stereocenters. The van der Waals surface area contributed by atoms with Gasteiger partial charge in [0.15, 0.2) is 6.61 Å². The van der Waals surface area contributed by atoms with Crippen LogP contribution in [0.25, 0.3) is 0 Å². The van der Waals surface area contributed by atoms with Gasteiger partial charge in [-0.3, -0.25) is 4.79 Å². The van der Waals surface area contributed by atoms with Crippen LogP contribution in [0.2, 0.25) is 0 Å². The topological polar surface area (TPSA) is 72.8 Å². The molecule has 0 radical (unpaired) electrons. The maximum absolute atomic E-state index is 12.2. The Morgan fingerprint density at radius 3 is 2.32 bits per heavy atom. The van der Waals surface area contributed by atoms with E-state index in [0.29, 0.717) is 24.7 Å². The van der Waals surface area contributed by atoms with Crippen LogP contribution in [-0.4, -0.2) is 34.9 Å². The number of carbonyl (C=O) groups excluding carboxylic acids is 2. The van der Waals surface area contributed by atoms with Crippen LogP contribution < -0.4 is 0 Å². The molecule has 1 N–H and O–H groups in total. The first kappa shape index (κ1) is 18.7. The molecule has 2 unspecified atom stereocenters. The Hall–Kier alpha value is -1.10. The monoisotopic (exact) mass is 352 g/mol. The van der Waals surface area contributed by atoms with E-state index < -0.39 is 17.2 Å². The standard InChI is InChI=1S/C20H32O5/c1-4-18(2,3)6-5-16(21)24-12-17(22)25-20-10-14-7-15(11-20)9-19(23,8-14)13-20/h14-15,23H,4-13H2,1-3H3. The Balaban J connectivity index is 1.46. The van der Waals surface area contributed by atoms with Gasteiger partial charge in [0.05, 0.1) is 5.60 Å². The summed E-state index contributed by atoms with van der Waals surface area (Å²) in [4.78, 5) is 24.1. The molecule has 0 aromatic rings. The molecule has 4 aliphatic rings. The number of carbonyl (C=O) groups is 2. The third kappa shape index (κ3) is 4.36. The first-order chi connectivity index (χ1) is 11.6. The molecule has 0 aromatic carbocycles. The maximum atomic E-state index is 12.2. The van der Waals surface area contributed by atoms with Crippen molar-refractivity contribution in [3.63, 3.8) is 0 Å². The third-order valence-corrected chi connectivity index (χ3v) is 6.62. The van der Waals surface area contributed by atoms with Crippen LogP contribution in [0.3, 0.4) is 0 Å². The SMILES string of the molecule is CCC(C)(C)CCC(=O)OCC(=O)OC12CC3CC(CC(O)(C3)C1)C2. The van der Waals surface area contributed by atoms with Gasteiger partial charge in [-0.25, -0.2) is 4.79 Å². The van der Waals surface area contributed by atoms with E-state index >= 15 is 0 Å². The van der Waals surface area contributed by atoms with Crippen molar-refractivity contribution in [1.29, 1.82) is 0 Å². The molecule has 4 aliphatic carbocycles. The molecule has 0 aliphatic heterocycles. The number of esters is 2. The van der Waals surface area contributed by atoms with E-state index in [1.54, 1.807) is 0 Å². The third-order valence-electron chi connectivity index (χ3n) is 6.62. The lowest BCUT2D eigenvalue weighted by molar-refractivity contribution is -0.222. The molecule has 4 fully saturated rings. The molecule has 142 valence electrons. The predicted octanol–water partition coefficient (Wildman–Crippen LogP) is 3.37. The van der Waals surface area contributed by atoms with Gasteiger partial charge in [0.25, 0.3) is 0 Å². The Labute approximate surface area is 150 Å². The molecule has 0 spiro atoms. The van der Waals surface area contributed by atoms with Gasteiger partial charge in [-0.2, -0.15) is 0 Å². The average molecular weight is 352 g/mol. The Morgan fingerprint density at radius 1 is 1.12 bits per heavy atom. The lowest BCUT2D eigenvalue weighted by Gasteiger charge is -2.59. The van der Waals surface area contributed by atoms with E-state index in [1.807, 2.05) is 0 Å². The summed E-state index contributed by atoms with van der Waals surface area (Å²) in [5.74, 6) is 0.0898. The number of aliphatic hydroxyl groups is 1. The minimum Gasteiger partial charge on any atom is -0.456 e. The highest BCUT2D eigenvalue weighted by atomic mass is 16.6. The van der Waals surface area contributed by atoms with E-state index in [0.717, 1.165) is 44.9 Å². The van der Waals surface area contributed by atoms with E-state index in [9.17, 15) is 14.7 Å². The summed E-state index contributed by atoms with van der Waals surface area (Å²) in [6.07, 6.45) is 7.11. The number of hydrogen-bond donors (Lipinski definition) is 1. The lowest BCUT2D eigenvalue weighted by atomic mass is 9.52. The van der Waals surface area contributed by atoms with Gasteiger partial charge in [0.2, 0.25) is 0 Å². The number of hydrogen-bond acceptors (Lipinski definition) is 5. The largest absolute Gasteiger partial charge is 0.456 e. The highest BCUT2D eigenvalue weighted by molar-refractivity contribution is 5.76. The van der Waals surface area contributed by atoms with E-state index in [-0.39, 0.29) is 18.0 Å². The number of ether oxygens (including phenoxy) is 2. The molecular formula is C20H32O5. The minimum atomic E-state index is -0.660. The van der Waals surface area contributed by atoms with Crippen molar-refractivity contribution < 1.29 is 24.2 Å². The van der Waals surface area contributed by atoms with Crippen molar-refractivity contribution in [1.82, 2.24) is 0 Å². The molecule has 4 rings (SSSR count). The molecule has 0 amide bonds. The second kappa shape index (κ2) is 6.57. The molecule has 0 aromatic heterocycles. The van der Waals surface area contributed by atoms with Crippen LogP contribution in [0.4, 0.5) is 0 Å². The molecule has 0 saturated heterocycles. The molecular weight excluding hydrogens is 320 g/mol. The second-order valence-electron chi connectivity index (χ2n) is 9.52. The fraction of sp³-hybridized carbons (Fsp3) is 0.900. The van der Waals surface area contributed by atoms with Crippen molar-refractivity contribution in [3.8, 4) is 0 Å². The molecule has 4 bridgehead atoms. The van der Waals surface area contributed by atoms with Gasteiger partial charge < -0.3 is 14.6 Å². The first-order valence-corrected chi connectivity index (χ1v) is 9.73. The normalized spacial score (nSPS) is 36.3. The predicted molar refractivity (Wildman–Crippen MR) is 92.7 cm³/mol. The van der Waals surface area contributed by atoms with Crippen LogP contribution in [0.15, 0.2) is 0 Å². The van der Waals surface area contributed by atoms with Gasteiger partial charge in [-0.1, -0.05) is 27.2 Å². The quantitative estimate of drug-likeness (QED) is 0.711. The van der Waals surface area contributed by atoms with Crippen molar-refractivity contribution in [2.24, 2.45) is 17.3 Å². The van der Waals surface area contributed by atoms with Gasteiger partial charge in [0.1, 0.15) is 5.60 Å². The average Bonchev–Trinajstić information content (AvgIpc) is 2.48. The van der Waals surface area contributed by atoms with E-state index in [4.69, 9.17) is 9.47 Å². The lowest BCUT2D eigenvalue weighted by Crippen LogP contribution is -2.60. The highest BCUT2D eigenvalue weighted by Gasteiger charge is 2.59. The van der Waals surface area contributed by atoms with Crippen LogP contribution >= 0.6 is 0 Å². The van der Waals surface area contributed by atoms with Crippen LogP contribution in [0, 0.1) is 17.3 Å². The molecule has 25 heavy (non-hydrogen) atoms. The smallest absolute Gasteiger partial charge is 0.344 e. The van der Waals surface area contributed by atoms with E-state index in [1.165, 1.54) is 0 Å². The Morgan fingerprint density at radius 2 is 1.76 bits per heavy atom. The zero-order valence-electron chi connectivity index (χ0n) is 15.8. The van der Waals surface area contributed by atoms with Crippen LogP contribution in [0.1, 0.15) is 78.6 Å². The van der Waals surface area contributed by atoms with Crippen molar-refractivity contribution in [3.05, 3.63) is 0 Å². The second-order valence-corrected chi connectivity index (χ2v) is 9.52. The molecule has 5 heteroatoms. The first-order valence-electron chi connectivity index (χ1n) is 9.73. The van der Waals surface area contributed by atoms with Crippen molar-refractivity contribution >= 4 is 11.9 Å². The summed E-state index contributed by atoms with van der Waals surface area (Å²) < 4.78 is 10.9. The minimum absolute atomic E-state index is 0.105. The summed E-state index contributed by atoms with van der Waals surface area (Å²) in [5, 5.41) is 10.7. The molecule has 0 heterocycles. The maximum Gasteiger partial charge on any atom is 0.344 e. The summed E-state index contributed by atoms with van der Waals surface area (Å²) in [5.41, 5.74) is -1.09. The number of rotatable bonds is 7. The summed E-state index contributed by atoms with van der Waals surface area (Å²) in [6, 6.07) is 0. The van der Waals surface area contributed by atoms with Gasteiger partial charge in [-0.05, 0) is 55.8 Å². The summed E-state index contributed by atoms with van der Waals surface area (Å²) in [7, 11) is 0. The van der Waals surface area contributed by atoms with Crippen molar-refractivity contribution in [2.75, 3.05) is 6.61 Å².